The lowest BCUT2D eigenvalue weighted by atomic mass is 10.1. The molecule has 3 aromatic rings. The van der Waals surface area contributed by atoms with E-state index in [4.69, 9.17) is 9.73 Å². The van der Waals surface area contributed by atoms with Crippen molar-refractivity contribution in [2.24, 2.45) is 4.99 Å². The van der Waals surface area contributed by atoms with Gasteiger partial charge in [-0.3, -0.25) is 5.10 Å². The average molecular weight is 378 g/mol. The number of nitrogens with zero attached hydrogens (tertiary/aromatic N) is 4. The first-order chi connectivity index (χ1) is 13.8. The van der Waals surface area contributed by atoms with Crippen molar-refractivity contribution in [3.8, 4) is 17.1 Å². The van der Waals surface area contributed by atoms with Gasteiger partial charge < -0.3 is 15.0 Å². The highest BCUT2D eigenvalue weighted by atomic mass is 16.5. The van der Waals surface area contributed by atoms with Crippen molar-refractivity contribution >= 4 is 5.96 Å². The lowest BCUT2D eigenvalue weighted by Gasteiger charge is -2.22. The molecule has 0 aliphatic carbocycles. The summed E-state index contributed by atoms with van der Waals surface area (Å²) in [5.74, 6) is 2.49. The van der Waals surface area contributed by atoms with Crippen molar-refractivity contribution in [1.82, 2.24) is 25.4 Å². The molecular formula is C21H26N6O. The number of aliphatic imine (C=N–C) groups is 1. The van der Waals surface area contributed by atoms with Crippen molar-refractivity contribution in [1.29, 1.82) is 0 Å². The lowest BCUT2D eigenvalue weighted by Crippen LogP contribution is -2.40. The molecular weight excluding hydrogens is 352 g/mol. The number of aromatic amines is 1. The van der Waals surface area contributed by atoms with E-state index in [1.165, 1.54) is 6.33 Å². The molecule has 3 rings (SSSR count). The minimum atomic E-state index is 0.578. The molecule has 1 aromatic heterocycles. The fourth-order valence-electron chi connectivity index (χ4n) is 2.72. The Hall–Kier alpha value is -3.35. The van der Waals surface area contributed by atoms with E-state index in [-0.39, 0.29) is 0 Å². The molecule has 0 fully saturated rings. The Morgan fingerprint density at radius 3 is 2.79 bits per heavy atom. The van der Waals surface area contributed by atoms with Gasteiger partial charge in [-0.25, -0.2) is 9.98 Å². The zero-order valence-electron chi connectivity index (χ0n) is 16.3. The molecule has 0 aliphatic rings. The fourth-order valence-corrected chi connectivity index (χ4v) is 2.72. The number of benzene rings is 2. The standard InChI is InChI=1S/C21H26N6O/c1-3-22-21(27(2)12-13-28-19-10-5-4-6-11-19)23-15-17-8-7-9-18(14-17)20-24-16-25-26-20/h4-11,14,16H,3,12-13,15H2,1-2H3,(H,22,23)(H,24,25,26). The minimum absolute atomic E-state index is 0.578. The highest BCUT2D eigenvalue weighted by molar-refractivity contribution is 5.79. The highest BCUT2D eigenvalue weighted by Gasteiger charge is 2.07. The fraction of sp³-hybridized carbons (Fsp3) is 0.286. The smallest absolute Gasteiger partial charge is 0.194 e. The molecule has 0 atom stereocenters. The van der Waals surface area contributed by atoms with Gasteiger partial charge in [-0.15, -0.1) is 0 Å². The quantitative estimate of drug-likeness (QED) is 0.465. The number of aromatic nitrogens is 3. The first kappa shape index (κ1) is 19.4. The first-order valence-corrected chi connectivity index (χ1v) is 9.38. The predicted octanol–water partition coefficient (Wildman–Crippen LogP) is 2.95. The number of para-hydroxylation sites is 1. The van der Waals surface area contributed by atoms with Crippen LogP contribution in [0.4, 0.5) is 0 Å². The van der Waals surface area contributed by atoms with Gasteiger partial charge in [-0.05, 0) is 30.7 Å². The van der Waals surface area contributed by atoms with Crippen molar-refractivity contribution in [2.45, 2.75) is 13.5 Å². The van der Waals surface area contributed by atoms with E-state index in [0.29, 0.717) is 13.2 Å². The van der Waals surface area contributed by atoms with Crippen molar-refractivity contribution < 1.29 is 4.74 Å². The van der Waals surface area contributed by atoms with Gasteiger partial charge in [-0.1, -0.05) is 36.4 Å². The summed E-state index contributed by atoms with van der Waals surface area (Å²) in [7, 11) is 2.01. The van der Waals surface area contributed by atoms with Crippen LogP contribution >= 0.6 is 0 Å². The number of hydrogen-bond donors (Lipinski definition) is 2. The van der Waals surface area contributed by atoms with Crippen LogP contribution in [-0.4, -0.2) is 52.8 Å². The molecule has 7 heteroatoms. The molecule has 2 aromatic carbocycles. The average Bonchev–Trinajstić information content (AvgIpc) is 3.27. The summed E-state index contributed by atoms with van der Waals surface area (Å²) in [5.41, 5.74) is 2.11. The number of hydrogen-bond acceptors (Lipinski definition) is 4. The van der Waals surface area contributed by atoms with Crippen LogP contribution in [0, 0.1) is 0 Å². The number of guanidine groups is 1. The molecule has 7 nitrogen and oxygen atoms in total. The maximum atomic E-state index is 5.78. The summed E-state index contributed by atoms with van der Waals surface area (Å²) < 4.78 is 5.78. The third-order valence-corrected chi connectivity index (χ3v) is 4.16. The minimum Gasteiger partial charge on any atom is -0.492 e. The SMILES string of the molecule is CCNC(=NCc1cccc(-c2ncn[nH]2)c1)N(C)CCOc1ccccc1. The second-order valence-corrected chi connectivity index (χ2v) is 6.29. The van der Waals surface area contributed by atoms with E-state index in [1.807, 2.05) is 49.5 Å². The second-order valence-electron chi connectivity index (χ2n) is 6.29. The molecule has 1 heterocycles. The first-order valence-electron chi connectivity index (χ1n) is 9.38. The van der Waals surface area contributed by atoms with Gasteiger partial charge in [-0.2, -0.15) is 5.10 Å². The number of nitrogens with one attached hydrogen (secondary N) is 2. The Bertz CT molecular complexity index is 864. The van der Waals surface area contributed by atoms with Gasteiger partial charge in [0.2, 0.25) is 0 Å². The maximum Gasteiger partial charge on any atom is 0.194 e. The van der Waals surface area contributed by atoms with E-state index in [0.717, 1.165) is 41.7 Å². The van der Waals surface area contributed by atoms with Gasteiger partial charge in [0.25, 0.3) is 0 Å². The molecule has 0 saturated carbocycles. The van der Waals surface area contributed by atoms with Crippen LogP contribution in [0.25, 0.3) is 11.4 Å². The molecule has 0 amide bonds. The summed E-state index contributed by atoms with van der Waals surface area (Å²) in [4.78, 5) is 11.0. The third-order valence-electron chi connectivity index (χ3n) is 4.16. The van der Waals surface area contributed by atoms with Crippen LogP contribution in [0.1, 0.15) is 12.5 Å². The molecule has 0 spiro atoms. The van der Waals surface area contributed by atoms with Crippen LogP contribution in [0.5, 0.6) is 5.75 Å². The van der Waals surface area contributed by atoms with Gasteiger partial charge in [0.05, 0.1) is 13.1 Å². The zero-order chi connectivity index (χ0) is 19.6. The van der Waals surface area contributed by atoms with E-state index >= 15 is 0 Å². The molecule has 0 radical (unpaired) electrons. The monoisotopic (exact) mass is 378 g/mol. The number of ether oxygens (including phenoxy) is 1. The normalized spacial score (nSPS) is 11.3. The van der Waals surface area contributed by atoms with Crippen molar-refractivity contribution in [3.63, 3.8) is 0 Å². The van der Waals surface area contributed by atoms with Gasteiger partial charge in [0.15, 0.2) is 11.8 Å². The highest BCUT2D eigenvalue weighted by Crippen LogP contribution is 2.16. The largest absolute Gasteiger partial charge is 0.492 e. The molecule has 2 N–H and O–H groups in total. The summed E-state index contributed by atoms with van der Waals surface area (Å²) in [5, 5.41) is 10.1. The molecule has 0 saturated heterocycles. The Morgan fingerprint density at radius 1 is 1.18 bits per heavy atom. The van der Waals surface area contributed by atoms with Crippen LogP contribution in [0.3, 0.4) is 0 Å². The maximum absolute atomic E-state index is 5.78. The second kappa shape index (κ2) is 10.1. The van der Waals surface area contributed by atoms with E-state index in [9.17, 15) is 0 Å². The molecule has 28 heavy (non-hydrogen) atoms. The number of H-pyrrole nitrogens is 1. The summed E-state index contributed by atoms with van der Waals surface area (Å²) in [6.07, 6.45) is 1.51. The predicted molar refractivity (Wildman–Crippen MR) is 111 cm³/mol. The molecule has 146 valence electrons. The number of rotatable bonds is 8. The lowest BCUT2D eigenvalue weighted by molar-refractivity contribution is 0.281. The van der Waals surface area contributed by atoms with Crippen molar-refractivity contribution in [2.75, 3.05) is 26.7 Å². The van der Waals surface area contributed by atoms with Crippen LogP contribution in [0.15, 0.2) is 65.9 Å². The van der Waals surface area contributed by atoms with E-state index in [2.05, 4.69) is 44.5 Å². The van der Waals surface area contributed by atoms with Gasteiger partial charge in [0, 0.05) is 19.2 Å². The Morgan fingerprint density at radius 2 is 2.04 bits per heavy atom. The number of likely N-dealkylation sites (N-methyl/N-ethyl adjacent to an activating group) is 1. The summed E-state index contributed by atoms with van der Waals surface area (Å²) >= 11 is 0. The third kappa shape index (κ3) is 5.57. The van der Waals surface area contributed by atoms with Crippen LogP contribution < -0.4 is 10.1 Å². The Labute approximate surface area is 165 Å². The van der Waals surface area contributed by atoms with Crippen LogP contribution in [0.2, 0.25) is 0 Å². The van der Waals surface area contributed by atoms with E-state index in [1.54, 1.807) is 0 Å². The molecule has 0 aliphatic heterocycles. The molecule has 0 unspecified atom stereocenters. The molecule has 0 bridgehead atoms. The Balaban J connectivity index is 1.59. The van der Waals surface area contributed by atoms with Gasteiger partial charge >= 0.3 is 0 Å². The van der Waals surface area contributed by atoms with Gasteiger partial charge in [0.1, 0.15) is 18.7 Å². The topological polar surface area (TPSA) is 78.4 Å². The van der Waals surface area contributed by atoms with Crippen molar-refractivity contribution in [3.05, 3.63) is 66.5 Å². The van der Waals surface area contributed by atoms with Crippen LogP contribution in [-0.2, 0) is 6.54 Å². The Kier molecular flexibility index (Phi) is 7.01. The summed E-state index contributed by atoms with van der Waals surface area (Å²) in [6, 6.07) is 18.0. The zero-order valence-corrected chi connectivity index (χ0v) is 16.3. The van der Waals surface area contributed by atoms with E-state index < -0.39 is 0 Å². The summed E-state index contributed by atoms with van der Waals surface area (Å²) in [6.45, 7) is 4.77.